The van der Waals surface area contributed by atoms with Crippen LogP contribution in [-0.2, 0) is 16.1 Å². The van der Waals surface area contributed by atoms with E-state index in [1.807, 2.05) is 50.2 Å². The number of benzene rings is 3. The number of carbonyl (C=O) groups excluding carboxylic acids is 1. The Morgan fingerprint density at radius 3 is 2.48 bits per heavy atom. The summed E-state index contributed by atoms with van der Waals surface area (Å²) in [7, 11) is 0. The van der Waals surface area contributed by atoms with Crippen LogP contribution in [-0.4, -0.2) is 18.5 Å². The molecule has 0 bridgehead atoms. The highest BCUT2D eigenvalue weighted by Crippen LogP contribution is 2.31. The van der Waals surface area contributed by atoms with E-state index in [4.69, 9.17) is 37.4 Å². The highest BCUT2D eigenvalue weighted by atomic mass is 35.5. The van der Waals surface area contributed by atoms with Crippen molar-refractivity contribution in [3.8, 4) is 11.5 Å². The first-order valence-electron chi connectivity index (χ1n) is 10.4. The fourth-order valence-electron chi connectivity index (χ4n) is 3.19. The van der Waals surface area contributed by atoms with Crippen LogP contribution in [0.2, 0.25) is 10.0 Å². The van der Waals surface area contributed by atoms with E-state index in [2.05, 4.69) is 4.99 Å². The van der Waals surface area contributed by atoms with Gasteiger partial charge in [0.15, 0.2) is 17.2 Å². The van der Waals surface area contributed by atoms with Crippen molar-refractivity contribution in [1.82, 2.24) is 0 Å². The molecular weight excluding hydrogens is 461 g/mol. The van der Waals surface area contributed by atoms with E-state index in [9.17, 15) is 4.79 Å². The fraction of sp³-hybridized carbons (Fsp3) is 0.154. The summed E-state index contributed by atoms with van der Waals surface area (Å²) in [6.45, 7) is 4.83. The third kappa shape index (κ3) is 5.56. The molecule has 0 atom stereocenters. The number of aliphatic imine (C=N–C) groups is 1. The Morgan fingerprint density at radius 1 is 0.970 bits per heavy atom. The van der Waals surface area contributed by atoms with Gasteiger partial charge in [0.2, 0.25) is 5.90 Å². The minimum absolute atomic E-state index is 0.135. The lowest BCUT2D eigenvalue weighted by atomic mass is 10.1. The minimum atomic E-state index is -0.561. The number of hydrogen-bond acceptors (Lipinski definition) is 5. The van der Waals surface area contributed by atoms with Crippen LogP contribution in [0.15, 0.2) is 71.4 Å². The molecule has 0 fully saturated rings. The Balaban J connectivity index is 1.56. The van der Waals surface area contributed by atoms with Crippen LogP contribution >= 0.6 is 23.2 Å². The van der Waals surface area contributed by atoms with E-state index in [1.54, 1.807) is 30.3 Å². The normalized spacial score (nSPS) is 14.2. The monoisotopic (exact) mass is 481 g/mol. The lowest BCUT2D eigenvalue weighted by Crippen LogP contribution is -2.05. The van der Waals surface area contributed by atoms with E-state index in [1.165, 1.54) is 5.56 Å². The predicted molar refractivity (Wildman–Crippen MR) is 130 cm³/mol. The van der Waals surface area contributed by atoms with Gasteiger partial charge < -0.3 is 14.2 Å². The van der Waals surface area contributed by atoms with Gasteiger partial charge in [-0.2, -0.15) is 0 Å². The molecule has 0 N–H and O–H groups in total. The molecule has 0 spiro atoms. The summed E-state index contributed by atoms with van der Waals surface area (Å²) in [6, 6.07) is 18.5. The maximum Gasteiger partial charge on any atom is 0.363 e. The van der Waals surface area contributed by atoms with E-state index < -0.39 is 5.97 Å². The van der Waals surface area contributed by atoms with E-state index in [0.717, 1.165) is 11.1 Å². The van der Waals surface area contributed by atoms with Gasteiger partial charge in [-0.25, -0.2) is 9.79 Å². The summed E-state index contributed by atoms with van der Waals surface area (Å²) >= 11 is 12.2. The van der Waals surface area contributed by atoms with Gasteiger partial charge >= 0.3 is 5.97 Å². The average Bonchev–Trinajstić information content (AvgIpc) is 3.14. The molecule has 1 aliphatic rings. The average molecular weight is 482 g/mol. The summed E-state index contributed by atoms with van der Waals surface area (Å²) < 4.78 is 17.0. The predicted octanol–water partition coefficient (Wildman–Crippen LogP) is 6.62. The van der Waals surface area contributed by atoms with E-state index >= 15 is 0 Å². The third-order valence-electron chi connectivity index (χ3n) is 4.87. The maximum atomic E-state index is 12.4. The van der Waals surface area contributed by atoms with Crippen molar-refractivity contribution < 1.29 is 19.0 Å². The second-order valence-corrected chi connectivity index (χ2v) is 8.22. The number of esters is 1. The molecule has 3 aromatic carbocycles. The second-order valence-electron chi connectivity index (χ2n) is 7.37. The molecule has 33 heavy (non-hydrogen) atoms. The first kappa shape index (κ1) is 22.9. The topological polar surface area (TPSA) is 57.1 Å². The maximum absolute atomic E-state index is 12.4. The number of hydrogen-bond donors (Lipinski definition) is 0. The Labute approximate surface area is 202 Å². The van der Waals surface area contributed by atoms with Crippen molar-refractivity contribution in [2.24, 2.45) is 4.99 Å². The Hall–Kier alpha value is -3.28. The molecule has 0 aromatic heterocycles. The molecular formula is C26H21Cl2NO4. The standard InChI is InChI=1S/C26H21Cl2NO4/c1-3-31-24-13-18(8-11-23(24)32-15-17-6-4-16(2)5-7-17)12-22-26(30)33-25(29-22)20-10-9-19(27)14-21(20)28/h4-14H,3,15H2,1-2H3/b22-12-. The van der Waals surface area contributed by atoms with Gasteiger partial charge in [0.05, 0.1) is 17.2 Å². The zero-order valence-electron chi connectivity index (χ0n) is 18.1. The fourth-order valence-corrected chi connectivity index (χ4v) is 3.68. The van der Waals surface area contributed by atoms with Gasteiger partial charge in [0.1, 0.15) is 6.61 Å². The van der Waals surface area contributed by atoms with Crippen LogP contribution in [0.4, 0.5) is 0 Å². The van der Waals surface area contributed by atoms with Crippen LogP contribution in [0.3, 0.4) is 0 Å². The van der Waals surface area contributed by atoms with Crippen molar-refractivity contribution in [2.75, 3.05) is 6.61 Å². The van der Waals surface area contributed by atoms with Gasteiger partial charge in [-0.15, -0.1) is 0 Å². The molecule has 1 aliphatic heterocycles. The first-order chi connectivity index (χ1) is 15.9. The Bertz CT molecular complexity index is 1250. The number of halogens is 2. The van der Waals surface area contributed by atoms with Crippen molar-refractivity contribution >= 4 is 41.1 Å². The van der Waals surface area contributed by atoms with Gasteiger partial charge in [-0.05, 0) is 61.4 Å². The zero-order valence-corrected chi connectivity index (χ0v) is 19.6. The smallest absolute Gasteiger partial charge is 0.363 e. The Kier molecular flexibility index (Phi) is 7.02. The van der Waals surface area contributed by atoms with Crippen molar-refractivity contribution in [3.05, 3.63) is 98.7 Å². The van der Waals surface area contributed by atoms with Crippen LogP contribution in [0.5, 0.6) is 11.5 Å². The molecule has 0 radical (unpaired) electrons. The van der Waals surface area contributed by atoms with Crippen molar-refractivity contribution in [1.29, 1.82) is 0 Å². The highest BCUT2D eigenvalue weighted by molar-refractivity contribution is 6.37. The molecule has 3 aromatic rings. The summed E-state index contributed by atoms with van der Waals surface area (Å²) in [5, 5.41) is 0.835. The second kappa shape index (κ2) is 10.1. The quantitative estimate of drug-likeness (QED) is 0.280. The van der Waals surface area contributed by atoms with Crippen molar-refractivity contribution in [2.45, 2.75) is 20.5 Å². The van der Waals surface area contributed by atoms with E-state index in [0.29, 0.717) is 40.3 Å². The Morgan fingerprint density at radius 2 is 1.76 bits per heavy atom. The third-order valence-corrected chi connectivity index (χ3v) is 5.42. The molecule has 0 saturated carbocycles. The van der Waals surface area contributed by atoms with E-state index in [-0.39, 0.29) is 11.6 Å². The number of carbonyl (C=O) groups is 1. The summed E-state index contributed by atoms with van der Waals surface area (Å²) in [6.07, 6.45) is 1.63. The molecule has 5 nitrogen and oxygen atoms in total. The number of aryl methyl sites for hydroxylation is 1. The van der Waals surface area contributed by atoms with Crippen molar-refractivity contribution in [3.63, 3.8) is 0 Å². The van der Waals surface area contributed by atoms with Gasteiger partial charge in [-0.3, -0.25) is 0 Å². The molecule has 4 rings (SSSR count). The number of rotatable bonds is 7. The molecule has 7 heteroatoms. The molecule has 0 aliphatic carbocycles. The molecule has 1 heterocycles. The van der Waals surface area contributed by atoms with Gasteiger partial charge in [0, 0.05) is 5.02 Å². The first-order valence-corrected chi connectivity index (χ1v) is 11.1. The van der Waals surface area contributed by atoms with Gasteiger partial charge in [-0.1, -0.05) is 59.1 Å². The largest absolute Gasteiger partial charge is 0.490 e. The molecule has 0 unspecified atom stereocenters. The molecule has 0 amide bonds. The summed E-state index contributed by atoms with van der Waals surface area (Å²) in [5.74, 6) is 0.769. The number of nitrogens with zero attached hydrogens (tertiary/aromatic N) is 1. The van der Waals surface area contributed by atoms with Gasteiger partial charge in [0.25, 0.3) is 0 Å². The van der Waals surface area contributed by atoms with Crippen LogP contribution in [0.25, 0.3) is 6.08 Å². The molecule has 168 valence electrons. The minimum Gasteiger partial charge on any atom is -0.490 e. The number of cyclic esters (lactones) is 1. The lowest BCUT2D eigenvalue weighted by molar-refractivity contribution is -0.129. The lowest BCUT2D eigenvalue weighted by Gasteiger charge is -2.13. The molecule has 0 saturated heterocycles. The highest BCUT2D eigenvalue weighted by Gasteiger charge is 2.25. The van der Waals surface area contributed by atoms with Crippen LogP contribution < -0.4 is 9.47 Å². The summed E-state index contributed by atoms with van der Waals surface area (Å²) in [4.78, 5) is 16.7. The SMILES string of the molecule is CCOc1cc(/C=C2\N=C(c3ccc(Cl)cc3Cl)OC2=O)ccc1OCc1ccc(C)cc1. The van der Waals surface area contributed by atoms with Crippen LogP contribution in [0.1, 0.15) is 29.2 Å². The number of ether oxygens (including phenoxy) is 3. The zero-order chi connectivity index (χ0) is 23.4. The summed E-state index contributed by atoms with van der Waals surface area (Å²) in [5.41, 5.74) is 3.63. The van der Waals surface area contributed by atoms with Crippen LogP contribution in [0, 0.1) is 6.92 Å².